The number of anilines is 1. The highest BCUT2D eigenvalue weighted by atomic mass is 16.5. The zero-order valence-corrected chi connectivity index (χ0v) is 11.6. The number of carboxylic acid groups (broad SMARTS) is 1. The minimum Gasteiger partial charge on any atom is -0.475 e. The highest BCUT2D eigenvalue weighted by Crippen LogP contribution is 2.21. The van der Waals surface area contributed by atoms with Gasteiger partial charge in [0.15, 0.2) is 0 Å². The van der Waals surface area contributed by atoms with Crippen molar-refractivity contribution >= 4 is 22.7 Å². The molecule has 110 valence electrons. The fourth-order valence-electron chi connectivity index (χ4n) is 2.51. The molecule has 3 rings (SSSR count). The molecule has 1 unspecified atom stereocenters. The topological polar surface area (TPSA) is 84.3 Å². The molecule has 6 nitrogen and oxygen atoms in total. The van der Waals surface area contributed by atoms with Crippen LogP contribution >= 0.6 is 0 Å². The van der Waals surface area contributed by atoms with Gasteiger partial charge in [0, 0.05) is 25.1 Å². The van der Waals surface area contributed by atoms with E-state index >= 15 is 0 Å². The first-order valence-electron chi connectivity index (χ1n) is 7.06. The maximum Gasteiger partial charge on any atom is 0.374 e. The van der Waals surface area contributed by atoms with Crippen LogP contribution in [0.5, 0.6) is 0 Å². The molecule has 0 bridgehead atoms. The van der Waals surface area contributed by atoms with Gasteiger partial charge in [-0.2, -0.15) is 0 Å². The second kappa shape index (κ2) is 6.05. The SMILES string of the molecule is O=C(O)c1nc(NCCC2CCOC2)c2ccccc2n1. The van der Waals surface area contributed by atoms with E-state index in [2.05, 4.69) is 15.3 Å². The summed E-state index contributed by atoms with van der Waals surface area (Å²) in [5, 5.41) is 13.2. The fourth-order valence-corrected chi connectivity index (χ4v) is 2.51. The molecule has 2 aromatic rings. The summed E-state index contributed by atoms with van der Waals surface area (Å²) in [5.74, 6) is -0.144. The summed E-state index contributed by atoms with van der Waals surface area (Å²) < 4.78 is 5.35. The van der Waals surface area contributed by atoms with Crippen molar-refractivity contribution in [2.75, 3.05) is 25.1 Å². The molecule has 1 aliphatic heterocycles. The Kier molecular flexibility index (Phi) is 3.96. The lowest BCUT2D eigenvalue weighted by molar-refractivity contribution is 0.0684. The molecule has 6 heteroatoms. The second-order valence-corrected chi connectivity index (χ2v) is 5.16. The Morgan fingerprint density at radius 3 is 3.00 bits per heavy atom. The Bertz CT molecular complexity index is 654. The lowest BCUT2D eigenvalue weighted by atomic mass is 10.1. The van der Waals surface area contributed by atoms with E-state index in [1.807, 2.05) is 18.2 Å². The van der Waals surface area contributed by atoms with Crippen molar-refractivity contribution in [2.45, 2.75) is 12.8 Å². The Hall–Kier alpha value is -2.21. The zero-order chi connectivity index (χ0) is 14.7. The molecular formula is C15H17N3O3. The Labute approximate surface area is 122 Å². The average Bonchev–Trinajstić information content (AvgIpc) is 3.00. The van der Waals surface area contributed by atoms with E-state index in [4.69, 9.17) is 9.84 Å². The predicted molar refractivity (Wildman–Crippen MR) is 78.5 cm³/mol. The van der Waals surface area contributed by atoms with Crippen LogP contribution in [0, 0.1) is 5.92 Å². The van der Waals surface area contributed by atoms with Crippen LogP contribution in [-0.2, 0) is 4.74 Å². The first-order chi connectivity index (χ1) is 10.2. The van der Waals surface area contributed by atoms with Gasteiger partial charge in [0.05, 0.1) is 5.52 Å². The maximum absolute atomic E-state index is 11.1. The van der Waals surface area contributed by atoms with Crippen LogP contribution in [0.2, 0.25) is 0 Å². The van der Waals surface area contributed by atoms with E-state index in [1.54, 1.807) is 6.07 Å². The molecule has 1 aromatic carbocycles. The number of carbonyl (C=O) groups is 1. The van der Waals surface area contributed by atoms with E-state index in [-0.39, 0.29) is 5.82 Å². The molecule has 2 N–H and O–H groups in total. The number of carboxylic acids is 1. The number of hydrogen-bond acceptors (Lipinski definition) is 5. The van der Waals surface area contributed by atoms with Gasteiger partial charge in [0.2, 0.25) is 5.82 Å². The van der Waals surface area contributed by atoms with Crippen LogP contribution in [0.1, 0.15) is 23.5 Å². The normalized spacial score (nSPS) is 18.0. The number of aromatic nitrogens is 2. The van der Waals surface area contributed by atoms with Crippen molar-refractivity contribution in [3.8, 4) is 0 Å². The lowest BCUT2D eigenvalue weighted by Gasteiger charge is -2.11. The number of nitrogens with one attached hydrogen (secondary N) is 1. The van der Waals surface area contributed by atoms with Gasteiger partial charge in [-0.3, -0.25) is 0 Å². The lowest BCUT2D eigenvalue weighted by Crippen LogP contribution is -2.13. The number of aromatic carboxylic acids is 1. The van der Waals surface area contributed by atoms with Crippen LogP contribution in [0.3, 0.4) is 0 Å². The fraction of sp³-hybridized carbons (Fsp3) is 0.400. The van der Waals surface area contributed by atoms with Crippen molar-refractivity contribution in [1.29, 1.82) is 0 Å². The number of rotatable bonds is 5. The zero-order valence-electron chi connectivity index (χ0n) is 11.6. The number of hydrogen-bond donors (Lipinski definition) is 2. The number of fused-ring (bicyclic) bond motifs is 1. The smallest absolute Gasteiger partial charge is 0.374 e. The molecule has 0 saturated carbocycles. The third-order valence-corrected chi connectivity index (χ3v) is 3.66. The standard InChI is InChI=1S/C15H17N3O3/c19-15(20)14-17-12-4-2-1-3-11(12)13(18-14)16-7-5-10-6-8-21-9-10/h1-4,10H,5-9H2,(H,19,20)(H,16,17,18). The van der Waals surface area contributed by atoms with Crippen LogP contribution < -0.4 is 5.32 Å². The molecule has 1 aromatic heterocycles. The highest BCUT2D eigenvalue weighted by molar-refractivity contribution is 5.93. The van der Waals surface area contributed by atoms with Gasteiger partial charge >= 0.3 is 5.97 Å². The molecule has 1 aliphatic rings. The summed E-state index contributed by atoms with van der Waals surface area (Å²) in [4.78, 5) is 19.3. The first kappa shape index (κ1) is 13.8. The second-order valence-electron chi connectivity index (χ2n) is 5.16. The van der Waals surface area contributed by atoms with Crippen LogP contribution in [-0.4, -0.2) is 40.8 Å². The summed E-state index contributed by atoms with van der Waals surface area (Å²) in [6, 6.07) is 7.41. The van der Waals surface area contributed by atoms with Gasteiger partial charge in [-0.15, -0.1) is 0 Å². The predicted octanol–water partition coefficient (Wildman–Crippen LogP) is 2.17. The van der Waals surface area contributed by atoms with E-state index < -0.39 is 5.97 Å². The molecule has 0 aliphatic carbocycles. The first-order valence-corrected chi connectivity index (χ1v) is 7.06. The van der Waals surface area contributed by atoms with E-state index in [9.17, 15) is 4.79 Å². The molecular weight excluding hydrogens is 270 g/mol. The number of ether oxygens (including phenoxy) is 1. The van der Waals surface area contributed by atoms with Crippen molar-refractivity contribution < 1.29 is 14.6 Å². The van der Waals surface area contributed by atoms with Crippen molar-refractivity contribution in [1.82, 2.24) is 9.97 Å². The third kappa shape index (κ3) is 3.11. The minimum absolute atomic E-state index is 0.180. The van der Waals surface area contributed by atoms with Gasteiger partial charge < -0.3 is 15.2 Å². The van der Waals surface area contributed by atoms with E-state index in [0.717, 1.165) is 38.0 Å². The molecule has 0 amide bonds. The molecule has 1 fully saturated rings. The number of benzene rings is 1. The number of para-hydroxylation sites is 1. The summed E-state index contributed by atoms with van der Waals surface area (Å²) in [5.41, 5.74) is 0.636. The minimum atomic E-state index is -1.12. The summed E-state index contributed by atoms with van der Waals surface area (Å²) in [6.07, 6.45) is 2.08. The Balaban J connectivity index is 1.80. The highest BCUT2D eigenvalue weighted by Gasteiger charge is 2.16. The van der Waals surface area contributed by atoms with Crippen LogP contribution in [0.25, 0.3) is 10.9 Å². The van der Waals surface area contributed by atoms with E-state index in [0.29, 0.717) is 17.3 Å². The van der Waals surface area contributed by atoms with Crippen molar-refractivity contribution in [3.63, 3.8) is 0 Å². The van der Waals surface area contributed by atoms with Crippen molar-refractivity contribution in [2.24, 2.45) is 5.92 Å². The van der Waals surface area contributed by atoms with E-state index in [1.165, 1.54) is 0 Å². The summed E-state index contributed by atoms with van der Waals surface area (Å²) in [6.45, 7) is 2.39. The molecule has 1 atom stereocenters. The van der Waals surface area contributed by atoms with Gasteiger partial charge in [0.1, 0.15) is 5.82 Å². The molecule has 21 heavy (non-hydrogen) atoms. The molecule has 0 spiro atoms. The Morgan fingerprint density at radius 2 is 2.24 bits per heavy atom. The molecule has 0 radical (unpaired) electrons. The van der Waals surface area contributed by atoms with Crippen molar-refractivity contribution in [3.05, 3.63) is 30.1 Å². The summed E-state index contributed by atoms with van der Waals surface area (Å²) in [7, 11) is 0. The van der Waals surface area contributed by atoms with Gasteiger partial charge in [0.25, 0.3) is 0 Å². The van der Waals surface area contributed by atoms with Gasteiger partial charge in [-0.1, -0.05) is 12.1 Å². The summed E-state index contributed by atoms with van der Waals surface area (Å²) >= 11 is 0. The van der Waals surface area contributed by atoms with Gasteiger partial charge in [-0.05, 0) is 30.9 Å². The Morgan fingerprint density at radius 1 is 1.38 bits per heavy atom. The van der Waals surface area contributed by atoms with Gasteiger partial charge in [-0.25, -0.2) is 14.8 Å². The average molecular weight is 287 g/mol. The van der Waals surface area contributed by atoms with Crippen LogP contribution in [0.4, 0.5) is 5.82 Å². The number of nitrogens with zero attached hydrogens (tertiary/aromatic N) is 2. The maximum atomic E-state index is 11.1. The quantitative estimate of drug-likeness (QED) is 0.876. The molecule has 1 saturated heterocycles. The molecule has 2 heterocycles. The monoisotopic (exact) mass is 287 g/mol. The third-order valence-electron chi connectivity index (χ3n) is 3.66. The largest absolute Gasteiger partial charge is 0.475 e. The van der Waals surface area contributed by atoms with Crippen LogP contribution in [0.15, 0.2) is 24.3 Å².